The lowest BCUT2D eigenvalue weighted by atomic mass is 10.0. The molecule has 0 spiro atoms. The van der Waals surface area contributed by atoms with Gasteiger partial charge in [-0.1, -0.05) is 25.3 Å². The van der Waals surface area contributed by atoms with Crippen LogP contribution in [0.4, 0.5) is 0 Å². The van der Waals surface area contributed by atoms with Crippen molar-refractivity contribution in [3.8, 4) is 5.75 Å². The number of piperidine rings is 1. The minimum Gasteiger partial charge on any atom is -0.493 e. The van der Waals surface area contributed by atoms with Crippen molar-refractivity contribution in [1.29, 1.82) is 0 Å². The van der Waals surface area contributed by atoms with E-state index in [-0.39, 0.29) is 30.6 Å². The van der Waals surface area contributed by atoms with E-state index in [0.29, 0.717) is 12.4 Å². The Hall–Kier alpha value is -2.74. The van der Waals surface area contributed by atoms with Gasteiger partial charge in [-0.05, 0) is 31.4 Å². The summed E-state index contributed by atoms with van der Waals surface area (Å²) in [7, 11) is 0. The van der Waals surface area contributed by atoms with Crippen LogP contribution in [0.5, 0.6) is 5.75 Å². The molecular weight excluding hydrogens is 364 g/mol. The normalized spacial score (nSPS) is 19.0. The van der Waals surface area contributed by atoms with E-state index in [1.54, 1.807) is 18.2 Å². The van der Waals surface area contributed by atoms with Gasteiger partial charge in [-0.15, -0.1) is 0 Å². The molecule has 4 amide bonds. The summed E-state index contributed by atoms with van der Waals surface area (Å²) in [6.07, 6.45) is 4.71. The lowest BCUT2D eigenvalue weighted by Crippen LogP contribution is -2.54. The lowest BCUT2D eigenvalue weighted by Gasteiger charge is -2.27. The minimum atomic E-state index is -0.982. The summed E-state index contributed by atoms with van der Waals surface area (Å²) in [5.41, 5.74) is 0.396. The molecule has 0 aliphatic carbocycles. The largest absolute Gasteiger partial charge is 0.493 e. The summed E-state index contributed by atoms with van der Waals surface area (Å²) >= 11 is 0. The molecule has 1 fully saturated rings. The number of nitrogens with zero attached hydrogens (tertiary/aromatic N) is 1. The number of ether oxygens (including phenoxy) is 1. The van der Waals surface area contributed by atoms with Gasteiger partial charge in [0.2, 0.25) is 11.8 Å². The van der Waals surface area contributed by atoms with Gasteiger partial charge < -0.3 is 9.84 Å². The second-order valence-electron chi connectivity index (χ2n) is 6.97. The van der Waals surface area contributed by atoms with E-state index in [9.17, 15) is 19.2 Å². The van der Waals surface area contributed by atoms with Crippen LogP contribution < -0.4 is 10.1 Å². The molecule has 1 atom stereocenters. The number of hydrogen-bond acceptors (Lipinski definition) is 6. The number of fused-ring (bicyclic) bond motifs is 1. The Morgan fingerprint density at radius 1 is 1.04 bits per heavy atom. The van der Waals surface area contributed by atoms with E-state index >= 15 is 0 Å². The average molecular weight is 388 g/mol. The highest BCUT2D eigenvalue weighted by Gasteiger charge is 2.45. The van der Waals surface area contributed by atoms with Gasteiger partial charge in [-0.3, -0.25) is 29.4 Å². The van der Waals surface area contributed by atoms with Gasteiger partial charge in [0.25, 0.3) is 11.8 Å². The highest BCUT2D eigenvalue weighted by Crippen LogP contribution is 2.33. The molecule has 2 aliphatic rings. The number of nitrogens with one attached hydrogen (secondary N) is 1. The van der Waals surface area contributed by atoms with Crippen LogP contribution in [0.25, 0.3) is 0 Å². The van der Waals surface area contributed by atoms with E-state index < -0.39 is 29.7 Å². The number of hydrogen-bond donors (Lipinski definition) is 2. The van der Waals surface area contributed by atoms with Crippen molar-refractivity contribution >= 4 is 23.6 Å². The van der Waals surface area contributed by atoms with Gasteiger partial charge in [0, 0.05) is 13.0 Å². The fraction of sp³-hybridized carbons (Fsp3) is 0.500. The molecule has 2 N–H and O–H groups in total. The molecule has 2 aliphatic heterocycles. The number of rotatable bonds is 9. The van der Waals surface area contributed by atoms with Crippen LogP contribution in [0.1, 0.15) is 65.7 Å². The maximum Gasteiger partial charge on any atom is 0.266 e. The van der Waals surface area contributed by atoms with Gasteiger partial charge >= 0.3 is 0 Å². The fourth-order valence-electron chi connectivity index (χ4n) is 3.53. The predicted octanol–water partition coefficient (Wildman–Crippen LogP) is 1.41. The first-order chi connectivity index (χ1) is 13.5. The maximum atomic E-state index is 12.9. The van der Waals surface area contributed by atoms with E-state index in [4.69, 9.17) is 9.84 Å². The van der Waals surface area contributed by atoms with Crippen LogP contribution in [0.15, 0.2) is 18.2 Å². The maximum absolute atomic E-state index is 12.9. The van der Waals surface area contributed by atoms with Gasteiger partial charge in [0.15, 0.2) is 0 Å². The lowest BCUT2D eigenvalue weighted by molar-refractivity contribution is -0.136. The molecule has 3 rings (SSSR count). The molecule has 0 radical (unpaired) electrons. The van der Waals surface area contributed by atoms with Gasteiger partial charge in [-0.25, -0.2) is 0 Å². The van der Waals surface area contributed by atoms with E-state index in [2.05, 4.69) is 5.32 Å². The van der Waals surface area contributed by atoms with Crippen molar-refractivity contribution in [2.75, 3.05) is 13.2 Å². The quantitative estimate of drug-likeness (QED) is 0.488. The number of carbonyl (C=O) groups is 4. The van der Waals surface area contributed by atoms with E-state index in [1.165, 1.54) is 0 Å². The van der Waals surface area contributed by atoms with Crippen molar-refractivity contribution in [1.82, 2.24) is 10.2 Å². The molecule has 8 heteroatoms. The number of amides is 4. The van der Waals surface area contributed by atoms with Crippen LogP contribution in [-0.4, -0.2) is 52.9 Å². The van der Waals surface area contributed by atoms with Gasteiger partial charge in [0.1, 0.15) is 11.8 Å². The highest BCUT2D eigenvalue weighted by molar-refractivity contribution is 6.24. The molecular formula is C20H24N2O6. The van der Waals surface area contributed by atoms with E-state index in [0.717, 1.165) is 37.0 Å². The Bertz CT molecular complexity index is 791. The van der Waals surface area contributed by atoms with Gasteiger partial charge in [0.05, 0.1) is 17.7 Å². The molecule has 1 aromatic carbocycles. The van der Waals surface area contributed by atoms with Crippen molar-refractivity contribution in [2.24, 2.45) is 0 Å². The van der Waals surface area contributed by atoms with Crippen molar-refractivity contribution in [2.45, 2.75) is 51.0 Å². The van der Waals surface area contributed by atoms with Crippen LogP contribution in [-0.2, 0) is 9.59 Å². The predicted molar refractivity (Wildman–Crippen MR) is 98.8 cm³/mol. The first-order valence-corrected chi connectivity index (χ1v) is 9.63. The fourth-order valence-corrected chi connectivity index (χ4v) is 3.53. The van der Waals surface area contributed by atoms with Crippen LogP contribution in [0, 0.1) is 0 Å². The van der Waals surface area contributed by atoms with Crippen LogP contribution in [0.2, 0.25) is 0 Å². The molecule has 150 valence electrons. The second kappa shape index (κ2) is 8.97. The first kappa shape index (κ1) is 20.0. The summed E-state index contributed by atoms with van der Waals surface area (Å²) in [5, 5.41) is 10.9. The summed E-state index contributed by atoms with van der Waals surface area (Å²) in [4.78, 5) is 50.0. The summed E-state index contributed by atoms with van der Waals surface area (Å²) in [5.74, 6) is -1.80. The van der Waals surface area contributed by atoms with Crippen molar-refractivity contribution in [3.63, 3.8) is 0 Å². The molecule has 1 saturated heterocycles. The summed E-state index contributed by atoms with van der Waals surface area (Å²) < 4.78 is 5.75. The topological polar surface area (TPSA) is 113 Å². The Morgan fingerprint density at radius 2 is 1.79 bits per heavy atom. The third-order valence-electron chi connectivity index (χ3n) is 4.99. The Kier molecular flexibility index (Phi) is 6.41. The minimum absolute atomic E-state index is 0.0868. The number of unbranched alkanes of at least 4 members (excludes halogenated alkanes) is 4. The number of aliphatic hydroxyl groups is 1. The molecule has 8 nitrogen and oxygen atoms in total. The van der Waals surface area contributed by atoms with Crippen molar-refractivity contribution in [3.05, 3.63) is 29.3 Å². The number of benzene rings is 1. The number of aliphatic hydroxyl groups excluding tert-OH is 1. The summed E-state index contributed by atoms with van der Waals surface area (Å²) in [6.45, 7) is 0.613. The standard InChI is InChI=1S/C20H24N2O6/c23-11-4-2-1-3-5-12-28-15-8-6-7-13-17(15)20(27)22(19(13)26)14-9-10-16(24)21-18(14)25/h6-8,14,23H,1-5,9-12H2,(H,21,24,25). The molecule has 1 aromatic rings. The Labute approximate surface area is 162 Å². The SMILES string of the molecule is O=C1CCC(N2C(=O)c3cccc(OCCCCCCCO)c3C2=O)C(=O)N1. The zero-order chi connectivity index (χ0) is 20.1. The first-order valence-electron chi connectivity index (χ1n) is 9.63. The zero-order valence-electron chi connectivity index (χ0n) is 15.6. The van der Waals surface area contributed by atoms with Crippen molar-refractivity contribution < 1.29 is 29.0 Å². The molecule has 28 heavy (non-hydrogen) atoms. The smallest absolute Gasteiger partial charge is 0.266 e. The zero-order valence-corrected chi connectivity index (χ0v) is 15.6. The highest BCUT2D eigenvalue weighted by atomic mass is 16.5. The monoisotopic (exact) mass is 388 g/mol. The third kappa shape index (κ3) is 4.06. The average Bonchev–Trinajstić information content (AvgIpc) is 2.93. The summed E-state index contributed by atoms with van der Waals surface area (Å²) in [6, 6.07) is 3.85. The van der Waals surface area contributed by atoms with Gasteiger partial charge in [-0.2, -0.15) is 0 Å². The number of imide groups is 2. The molecule has 0 aromatic heterocycles. The molecule has 2 heterocycles. The van der Waals surface area contributed by atoms with Crippen LogP contribution >= 0.6 is 0 Å². The second-order valence-corrected chi connectivity index (χ2v) is 6.97. The molecule has 1 unspecified atom stereocenters. The Morgan fingerprint density at radius 3 is 2.54 bits per heavy atom. The van der Waals surface area contributed by atoms with Crippen LogP contribution in [0.3, 0.4) is 0 Å². The molecule has 0 bridgehead atoms. The number of carbonyl (C=O) groups excluding carboxylic acids is 4. The Balaban J connectivity index is 1.66. The van der Waals surface area contributed by atoms with E-state index in [1.807, 2.05) is 0 Å². The third-order valence-corrected chi connectivity index (χ3v) is 4.99. The molecule has 0 saturated carbocycles.